The van der Waals surface area contributed by atoms with Gasteiger partial charge in [-0.25, -0.2) is 0 Å². The minimum Gasteiger partial charge on any atom is -0.316 e. The molecule has 0 aliphatic carbocycles. The van der Waals surface area contributed by atoms with E-state index in [2.05, 4.69) is 36.4 Å². The average molecular weight is 367 g/mol. The summed E-state index contributed by atoms with van der Waals surface area (Å²) in [4.78, 5) is 16.3. The highest BCUT2D eigenvalue weighted by Gasteiger charge is 2.26. The van der Waals surface area contributed by atoms with Crippen molar-refractivity contribution >= 4 is 43.7 Å². The van der Waals surface area contributed by atoms with Crippen LogP contribution < -0.4 is 10.6 Å². The van der Waals surface area contributed by atoms with Crippen molar-refractivity contribution in [1.29, 1.82) is 5.26 Å². The van der Waals surface area contributed by atoms with Crippen molar-refractivity contribution < 1.29 is 4.79 Å². The monoisotopic (exact) mass is 367 g/mol. The first-order valence-electron chi connectivity index (χ1n) is 8.20. The van der Waals surface area contributed by atoms with Gasteiger partial charge in [-0.1, -0.05) is 12.1 Å². The number of carbonyl (C=O) groups is 1. The number of fused-ring (bicyclic) bond motifs is 2. The fourth-order valence-corrected chi connectivity index (χ4v) is 5.73. The molecule has 1 amide bonds. The van der Waals surface area contributed by atoms with Crippen molar-refractivity contribution in [3.8, 4) is 16.5 Å². The fourth-order valence-electron chi connectivity index (χ4n) is 3.25. The van der Waals surface area contributed by atoms with Crippen LogP contribution >= 0.6 is 22.7 Å². The van der Waals surface area contributed by atoms with E-state index in [1.165, 1.54) is 14.3 Å². The van der Waals surface area contributed by atoms with Gasteiger partial charge in [-0.05, 0) is 36.2 Å². The van der Waals surface area contributed by atoms with Crippen LogP contribution in [0.5, 0.6) is 0 Å². The van der Waals surface area contributed by atoms with Gasteiger partial charge in [0.2, 0.25) is 5.91 Å². The molecule has 1 aliphatic rings. The normalized spacial score (nSPS) is 14.8. The van der Waals surface area contributed by atoms with E-state index in [0.717, 1.165) is 21.7 Å². The zero-order valence-corrected chi connectivity index (χ0v) is 15.4. The van der Waals surface area contributed by atoms with E-state index in [-0.39, 0.29) is 5.91 Å². The quantitative estimate of drug-likeness (QED) is 0.759. The molecule has 0 radical (unpaired) electrons. The summed E-state index contributed by atoms with van der Waals surface area (Å²) < 4.78 is 2.45. The van der Waals surface area contributed by atoms with E-state index in [4.69, 9.17) is 11.0 Å². The van der Waals surface area contributed by atoms with Crippen molar-refractivity contribution in [2.45, 2.75) is 25.8 Å². The molecule has 25 heavy (non-hydrogen) atoms. The molecule has 1 aliphatic heterocycles. The second kappa shape index (κ2) is 6.26. The van der Waals surface area contributed by atoms with Gasteiger partial charge in [0.1, 0.15) is 0 Å². The van der Waals surface area contributed by atoms with E-state index in [0.29, 0.717) is 19.4 Å². The number of hydrogen-bond acceptors (Lipinski definition) is 5. The Kier molecular flexibility index (Phi) is 4.08. The van der Waals surface area contributed by atoms with Gasteiger partial charge >= 0.3 is 0 Å². The minimum atomic E-state index is -0.443. The lowest BCUT2D eigenvalue weighted by Crippen LogP contribution is -2.25. The molecule has 3 heterocycles. The van der Waals surface area contributed by atoms with Gasteiger partial charge in [0.05, 0.1) is 18.5 Å². The highest BCUT2D eigenvalue weighted by Crippen LogP contribution is 2.41. The molecule has 2 N–H and O–H groups in total. The lowest BCUT2D eigenvalue weighted by Gasteiger charge is -2.15. The number of anilines is 1. The summed E-state index contributed by atoms with van der Waals surface area (Å²) in [5.41, 5.74) is 9.03. The zero-order valence-electron chi connectivity index (χ0n) is 13.8. The molecule has 1 atom stereocenters. The number of benzene rings is 1. The lowest BCUT2D eigenvalue weighted by atomic mass is 10.1. The number of rotatable bonds is 4. The number of likely N-dealkylation sites (N-methyl/N-ethyl adjacent to an activating group) is 1. The molecule has 6 heteroatoms. The number of nitrogens with zero attached hydrogens (tertiary/aromatic N) is 2. The molecular formula is C19H17N3OS2. The maximum absolute atomic E-state index is 12.1. The Bertz CT molecular complexity index is 980. The Labute approximate surface area is 154 Å². The third kappa shape index (κ3) is 2.85. The minimum absolute atomic E-state index is 0.181. The Hall–Kier alpha value is -2.20. The molecule has 2 aromatic heterocycles. The zero-order chi connectivity index (χ0) is 17.6. The van der Waals surface area contributed by atoms with E-state index in [9.17, 15) is 4.79 Å². The van der Waals surface area contributed by atoms with Crippen molar-refractivity contribution in [2.75, 3.05) is 11.4 Å². The van der Waals surface area contributed by atoms with E-state index in [1.807, 2.05) is 11.8 Å². The maximum Gasteiger partial charge on any atom is 0.231 e. The topological polar surface area (TPSA) is 70.1 Å². The largest absolute Gasteiger partial charge is 0.316 e. The van der Waals surface area contributed by atoms with Gasteiger partial charge in [-0.15, -0.1) is 22.7 Å². The van der Waals surface area contributed by atoms with Gasteiger partial charge in [-0.2, -0.15) is 5.26 Å². The smallest absolute Gasteiger partial charge is 0.231 e. The highest BCUT2D eigenvalue weighted by molar-refractivity contribution is 7.29. The molecule has 0 spiro atoms. The Balaban J connectivity index is 1.67. The highest BCUT2D eigenvalue weighted by atomic mass is 32.1. The van der Waals surface area contributed by atoms with Crippen LogP contribution in [-0.4, -0.2) is 18.5 Å². The van der Waals surface area contributed by atoms with Gasteiger partial charge in [0, 0.05) is 37.8 Å². The van der Waals surface area contributed by atoms with Gasteiger partial charge in [0.15, 0.2) is 0 Å². The lowest BCUT2D eigenvalue weighted by molar-refractivity contribution is -0.117. The summed E-state index contributed by atoms with van der Waals surface area (Å²) in [6.07, 6.45) is 1.11. The van der Waals surface area contributed by atoms with Crippen LogP contribution in [0.3, 0.4) is 0 Å². The molecule has 0 fully saturated rings. The van der Waals surface area contributed by atoms with Crippen molar-refractivity contribution in [2.24, 2.45) is 5.73 Å². The average Bonchev–Trinajstić information content (AvgIpc) is 3.23. The first-order chi connectivity index (χ1) is 12.1. The van der Waals surface area contributed by atoms with Gasteiger partial charge in [0.25, 0.3) is 0 Å². The molecule has 1 aromatic carbocycles. The predicted molar refractivity (Wildman–Crippen MR) is 104 cm³/mol. The second-order valence-corrected chi connectivity index (χ2v) is 8.40. The SMILES string of the molecule is CCN1C(=O)Cc2ccc(-c3cc4sc(CC(N)C#N)cc4s3)cc21. The van der Waals surface area contributed by atoms with Gasteiger partial charge < -0.3 is 10.6 Å². The standard InChI is InChI=1S/C19H17N3OS2/c1-2-22-15-5-12(4-3-11(15)6-19(22)23)16-9-18-17(25-16)8-14(24-18)7-13(21)10-20/h3-5,8-9,13H,2,6-7,21H2,1H3. The molecule has 0 saturated heterocycles. The van der Waals surface area contributed by atoms with E-state index < -0.39 is 6.04 Å². The number of thiophene rings is 2. The number of nitriles is 1. The predicted octanol–water partition coefficient (Wildman–Crippen LogP) is 3.93. The first kappa shape index (κ1) is 16.3. The molecule has 0 saturated carbocycles. The fraction of sp³-hybridized carbons (Fsp3) is 0.263. The molecule has 0 bridgehead atoms. The summed E-state index contributed by atoms with van der Waals surface area (Å²) in [6, 6.07) is 12.3. The summed E-state index contributed by atoms with van der Waals surface area (Å²) in [7, 11) is 0. The number of nitrogens with two attached hydrogens (primary N) is 1. The molecule has 1 unspecified atom stereocenters. The van der Waals surface area contributed by atoms with Crippen LogP contribution in [0.25, 0.3) is 19.8 Å². The summed E-state index contributed by atoms with van der Waals surface area (Å²) >= 11 is 3.45. The van der Waals surface area contributed by atoms with Crippen LogP contribution in [0, 0.1) is 11.3 Å². The van der Waals surface area contributed by atoms with Crippen LogP contribution in [-0.2, 0) is 17.6 Å². The van der Waals surface area contributed by atoms with Crippen molar-refractivity contribution in [3.05, 3.63) is 40.8 Å². The van der Waals surface area contributed by atoms with E-state index >= 15 is 0 Å². The third-order valence-electron chi connectivity index (χ3n) is 4.46. The van der Waals surface area contributed by atoms with Crippen LogP contribution in [0.2, 0.25) is 0 Å². The Morgan fingerprint density at radius 1 is 1.28 bits per heavy atom. The maximum atomic E-state index is 12.1. The summed E-state index contributed by atoms with van der Waals surface area (Å²) in [5.74, 6) is 0.181. The number of hydrogen-bond donors (Lipinski definition) is 1. The Morgan fingerprint density at radius 2 is 2.08 bits per heavy atom. The summed E-state index contributed by atoms with van der Waals surface area (Å²) in [5, 5.41) is 8.86. The summed E-state index contributed by atoms with van der Waals surface area (Å²) in [6.45, 7) is 2.71. The van der Waals surface area contributed by atoms with E-state index in [1.54, 1.807) is 22.7 Å². The molecular weight excluding hydrogens is 350 g/mol. The van der Waals surface area contributed by atoms with Crippen molar-refractivity contribution in [3.63, 3.8) is 0 Å². The molecule has 4 nitrogen and oxygen atoms in total. The molecule has 126 valence electrons. The van der Waals surface area contributed by atoms with Crippen molar-refractivity contribution in [1.82, 2.24) is 0 Å². The second-order valence-electron chi connectivity index (χ2n) is 6.15. The third-order valence-corrected chi connectivity index (χ3v) is 6.83. The number of amides is 1. The molecule has 3 aromatic rings. The van der Waals surface area contributed by atoms with Crippen LogP contribution in [0.4, 0.5) is 5.69 Å². The van der Waals surface area contributed by atoms with Gasteiger partial charge in [-0.3, -0.25) is 4.79 Å². The molecule has 4 rings (SSSR count). The number of carbonyl (C=O) groups excluding carboxylic acids is 1. The van der Waals surface area contributed by atoms with Crippen LogP contribution in [0.15, 0.2) is 30.3 Å². The first-order valence-corrected chi connectivity index (χ1v) is 9.83. The Morgan fingerprint density at radius 3 is 2.80 bits per heavy atom. The van der Waals surface area contributed by atoms with Crippen LogP contribution in [0.1, 0.15) is 17.4 Å².